The summed E-state index contributed by atoms with van der Waals surface area (Å²) in [6, 6.07) is 12.7. The van der Waals surface area contributed by atoms with Crippen LogP contribution >= 0.6 is 11.6 Å². The Morgan fingerprint density at radius 2 is 1.92 bits per heavy atom. The van der Waals surface area contributed by atoms with Gasteiger partial charge < -0.3 is 10.6 Å². The number of amides is 1. The first-order valence-corrected chi connectivity index (χ1v) is 7.48. The van der Waals surface area contributed by atoms with Crippen molar-refractivity contribution in [2.24, 2.45) is 0 Å². The van der Waals surface area contributed by atoms with Crippen molar-refractivity contribution in [2.45, 2.75) is 6.92 Å². The minimum absolute atomic E-state index is 0.165. The smallest absolute Gasteiger partial charge is 0.292 e. The first kappa shape index (κ1) is 18.0. The number of benzene rings is 2. The fraction of sp³-hybridized carbons (Fsp3) is 0.0588. The van der Waals surface area contributed by atoms with Gasteiger partial charge in [-0.3, -0.25) is 14.9 Å². The van der Waals surface area contributed by atoms with E-state index in [1.165, 1.54) is 18.2 Å². The summed E-state index contributed by atoms with van der Waals surface area (Å²) in [5.41, 5.74) is 0.914. The van der Waals surface area contributed by atoms with E-state index in [2.05, 4.69) is 10.6 Å². The number of para-hydroxylation sites is 2. The zero-order valence-electron chi connectivity index (χ0n) is 13.1. The number of nitro benzene ring substituents is 1. The van der Waals surface area contributed by atoms with E-state index in [-0.39, 0.29) is 16.9 Å². The molecule has 0 bridgehead atoms. The average Bonchev–Trinajstić information content (AvgIpc) is 2.59. The van der Waals surface area contributed by atoms with Crippen LogP contribution in [0.2, 0.25) is 5.02 Å². The average molecular weight is 357 g/mol. The van der Waals surface area contributed by atoms with Crippen molar-refractivity contribution in [2.75, 3.05) is 10.6 Å². The van der Waals surface area contributed by atoms with Gasteiger partial charge in [-0.1, -0.05) is 29.8 Å². The fourth-order valence-corrected chi connectivity index (χ4v) is 2.16. The van der Waals surface area contributed by atoms with Gasteiger partial charge in [-0.05, 0) is 30.7 Å². The SMILES string of the molecule is Cc1c(Cl)cccc1NC(=O)/C(C#N)=C\Nc1ccccc1[N+](=O)[O-]. The first-order valence-electron chi connectivity index (χ1n) is 7.10. The molecule has 0 heterocycles. The summed E-state index contributed by atoms with van der Waals surface area (Å²) >= 11 is 5.99. The molecule has 2 aromatic carbocycles. The molecule has 0 aromatic heterocycles. The van der Waals surface area contributed by atoms with Gasteiger partial charge in [0.1, 0.15) is 17.3 Å². The van der Waals surface area contributed by atoms with E-state index in [4.69, 9.17) is 11.6 Å². The Labute approximate surface area is 148 Å². The quantitative estimate of drug-likeness (QED) is 0.364. The highest BCUT2D eigenvalue weighted by atomic mass is 35.5. The largest absolute Gasteiger partial charge is 0.355 e. The third-order valence-electron chi connectivity index (χ3n) is 3.35. The highest BCUT2D eigenvalue weighted by Gasteiger charge is 2.14. The van der Waals surface area contributed by atoms with E-state index in [1.54, 1.807) is 37.3 Å². The normalized spacial score (nSPS) is 10.7. The zero-order valence-corrected chi connectivity index (χ0v) is 13.9. The Morgan fingerprint density at radius 3 is 2.60 bits per heavy atom. The molecule has 0 aliphatic heterocycles. The summed E-state index contributed by atoms with van der Waals surface area (Å²) in [4.78, 5) is 22.6. The van der Waals surface area contributed by atoms with Crippen LogP contribution in [-0.4, -0.2) is 10.8 Å². The van der Waals surface area contributed by atoms with Gasteiger partial charge in [0, 0.05) is 23.0 Å². The van der Waals surface area contributed by atoms with Gasteiger partial charge in [0.2, 0.25) is 0 Å². The van der Waals surface area contributed by atoms with Gasteiger partial charge >= 0.3 is 0 Å². The second-order valence-electron chi connectivity index (χ2n) is 4.95. The molecule has 1 amide bonds. The van der Waals surface area contributed by atoms with Crippen LogP contribution in [0.3, 0.4) is 0 Å². The fourth-order valence-electron chi connectivity index (χ4n) is 1.99. The molecule has 0 fully saturated rings. The lowest BCUT2D eigenvalue weighted by Gasteiger charge is -2.09. The number of hydrogen-bond acceptors (Lipinski definition) is 5. The van der Waals surface area contributed by atoms with Crippen LogP contribution in [0, 0.1) is 28.4 Å². The minimum Gasteiger partial charge on any atom is -0.355 e. The number of rotatable bonds is 5. The number of halogens is 1. The molecule has 0 radical (unpaired) electrons. The second-order valence-corrected chi connectivity index (χ2v) is 5.36. The molecule has 0 spiro atoms. The summed E-state index contributed by atoms with van der Waals surface area (Å²) < 4.78 is 0. The Hall–Kier alpha value is -3.37. The summed E-state index contributed by atoms with van der Waals surface area (Å²) in [6.07, 6.45) is 1.12. The van der Waals surface area contributed by atoms with Crippen molar-refractivity contribution in [3.8, 4) is 6.07 Å². The van der Waals surface area contributed by atoms with Gasteiger partial charge in [0.25, 0.3) is 11.6 Å². The molecule has 8 heteroatoms. The highest BCUT2D eigenvalue weighted by molar-refractivity contribution is 6.31. The van der Waals surface area contributed by atoms with Crippen LogP contribution in [0.15, 0.2) is 54.2 Å². The summed E-state index contributed by atoms with van der Waals surface area (Å²) in [6.45, 7) is 1.74. The molecular formula is C17H13ClN4O3. The molecular weight excluding hydrogens is 344 g/mol. The number of nitrogens with zero attached hydrogens (tertiary/aromatic N) is 2. The summed E-state index contributed by atoms with van der Waals surface area (Å²) in [5.74, 6) is -0.654. The molecule has 0 aliphatic carbocycles. The Bertz CT molecular complexity index is 903. The number of anilines is 2. The van der Waals surface area contributed by atoms with Gasteiger partial charge in [-0.2, -0.15) is 5.26 Å². The Morgan fingerprint density at radius 1 is 1.24 bits per heavy atom. The van der Waals surface area contributed by atoms with Crippen LogP contribution in [0.25, 0.3) is 0 Å². The van der Waals surface area contributed by atoms with Crippen molar-refractivity contribution in [1.29, 1.82) is 5.26 Å². The van der Waals surface area contributed by atoms with E-state index in [9.17, 15) is 20.2 Å². The van der Waals surface area contributed by atoms with Crippen LogP contribution in [0.1, 0.15) is 5.56 Å². The van der Waals surface area contributed by atoms with E-state index in [0.29, 0.717) is 16.3 Å². The molecule has 25 heavy (non-hydrogen) atoms. The number of nitro groups is 1. The van der Waals surface area contributed by atoms with E-state index < -0.39 is 10.8 Å². The van der Waals surface area contributed by atoms with Gasteiger partial charge in [-0.15, -0.1) is 0 Å². The van der Waals surface area contributed by atoms with Crippen LogP contribution in [0.4, 0.5) is 17.1 Å². The Kier molecular flexibility index (Phi) is 5.71. The predicted molar refractivity (Wildman–Crippen MR) is 95.2 cm³/mol. The number of nitriles is 1. The van der Waals surface area contributed by atoms with Crippen molar-refractivity contribution in [1.82, 2.24) is 0 Å². The topological polar surface area (TPSA) is 108 Å². The molecule has 2 N–H and O–H groups in total. The summed E-state index contributed by atoms with van der Waals surface area (Å²) in [5, 5.41) is 25.8. The molecule has 0 unspecified atom stereocenters. The lowest BCUT2D eigenvalue weighted by atomic mass is 10.2. The lowest BCUT2D eigenvalue weighted by molar-refractivity contribution is -0.383. The lowest BCUT2D eigenvalue weighted by Crippen LogP contribution is -2.15. The maximum atomic E-state index is 12.2. The molecule has 0 aliphatic rings. The highest BCUT2D eigenvalue weighted by Crippen LogP contribution is 2.24. The second kappa shape index (κ2) is 7.95. The van der Waals surface area contributed by atoms with Crippen LogP contribution in [0.5, 0.6) is 0 Å². The Balaban J connectivity index is 2.21. The zero-order chi connectivity index (χ0) is 18.4. The van der Waals surface area contributed by atoms with Crippen LogP contribution in [-0.2, 0) is 4.79 Å². The van der Waals surface area contributed by atoms with E-state index >= 15 is 0 Å². The van der Waals surface area contributed by atoms with Crippen molar-refractivity contribution >= 4 is 34.6 Å². The maximum Gasteiger partial charge on any atom is 0.292 e. The molecule has 2 rings (SSSR count). The van der Waals surface area contributed by atoms with Gasteiger partial charge in [-0.25, -0.2) is 0 Å². The molecule has 2 aromatic rings. The molecule has 0 saturated carbocycles. The van der Waals surface area contributed by atoms with E-state index in [1.807, 2.05) is 0 Å². The standard InChI is InChI=1S/C17H13ClN4O3/c1-11-13(18)5-4-7-14(11)21-17(23)12(9-19)10-20-15-6-2-3-8-16(15)22(24)25/h2-8,10,20H,1H3,(H,21,23)/b12-10-. The molecule has 0 atom stereocenters. The molecule has 126 valence electrons. The molecule has 0 saturated heterocycles. The predicted octanol–water partition coefficient (Wildman–Crippen LogP) is 4.01. The van der Waals surface area contributed by atoms with Gasteiger partial charge in [0.05, 0.1) is 4.92 Å². The number of hydrogen-bond donors (Lipinski definition) is 2. The third-order valence-corrected chi connectivity index (χ3v) is 3.76. The number of carbonyl (C=O) groups is 1. The number of carbonyl (C=O) groups excluding carboxylic acids is 1. The monoisotopic (exact) mass is 356 g/mol. The molecule has 7 nitrogen and oxygen atoms in total. The van der Waals surface area contributed by atoms with Gasteiger partial charge in [0.15, 0.2) is 0 Å². The minimum atomic E-state index is -0.654. The van der Waals surface area contributed by atoms with E-state index in [0.717, 1.165) is 6.20 Å². The maximum absolute atomic E-state index is 12.2. The van der Waals surface area contributed by atoms with Crippen molar-refractivity contribution < 1.29 is 9.72 Å². The summed E-state index contributed by atoms with van der Waals surface area (Å²) in [7, 11) is 0. The van der Waals surface area contributed by atoms with Crippen molar-refractivity contribution in [3.63, 3.8) is 0 Å². The third kappa shape index (κ3) is 4.34. The number of nitrogens with one attached hydrogen (secondary N) is 2. The van der Waals surface area contributed by atoms with Crippen LogP contribution < -0.4 is 10.6 Å². The first-order chi connectivity index (χ1) is 11.9. The van der Waals surface area contributed by atoms with Crippen molar-refractivity contribution in [3.05, 3.63) is 74.9 Å².